The van der Waals surface area contributed by atoms with Crippen molar-refractivity contribution < 1.29 is 9.59 Å². The van der Waals surface area contributed by atoms with Gasteiger partial charge in [0.2, 0.25) is 0 Å². The van der Waals surface area contributed by atoms with E-state index in [0.717, 1.165) is 36.2 Å². The fraction of sp³-hybridized carbons (Fsp3) is 0.389. The third kappa shape index (κ3) is 2.46. The number of nitrogens with one attached hydrogen (secondary N) is 1. The zero-order valence-corrected chi connectivity index (χ0v) is 12.9. The van der Waals surface area contributed by atoms with Crippen molar-refractivity contribution in [2.75, 3.05) is 13.1 Å². The molecule has 1 N–H and O–H groups in total. The number of nitrogens with zero attached hydrogens (tertiary/aromatic N) is 2. The van der Waals surface area contributed by atoms with E-state index in [9.17, 15) is 9.59 Å². The maximum atomic E-state index is 13.0. The number of Topliss-reactive ketones (excluding diaryl/α,β-unsaturated/α-hetero) is 1. The van der Waals surface area contributed by atoms with Crippen molar-refractivity contribution >= 4 is 11.7 Å². The highest BCUT2D eigenvalue weighted by atomic mass is 16.2. The van der Waals surface area contributed by atoms with Crippen LogP contribution in [0.25, 0.3) is 0 Å². The average molecular weight is 309 g/mol. The van der Waals surface area contributed by atoms with E-state index in [1.807, 2.05) is 29.2 Å². The molecule has 0 radical (unpaired) electrons. The van der Waals surface area contributed by atoms with Crippen molar-refractivity contribution in [3.63, 3.8) is 0 Å². The number of carbonyl (C=O) groups excluding carboxylic acids is 2. The minimum absolute atomic E-state index is 0.0563. The molecule has 1 atom stereocenters. The van der Waals surface area contributed by atoms with Crippen molar-refractivity contribution in [3.05, 3.63) is 52.8 Å². The van der Waals surface area contributed by atoms with Crippen molar-refractivity contribution in [2.45, 2.75) is 31.6 Å². The number of amides is 1. The number of rotatable bonds is 2. The van der Waals surface area contributed by atoms with Gasteiger partial charge in [0, 0.05) is 48.4 Å². The molecule has 5 nitrogen and oxygen atoms in total. The number of aromatic nitrogens is 2. The first-order chi connectivity index (χ1) is 11.2. The lowest BCUT2D eigenvalue weighted by molar-refractivity contribution is 0.0704. The van der Waals surface area contributed by atoms with Crippen LogP contribution in [0.15, 0.2) is 30.5 Å². The Morgan fingerprint density at radius 2 is 2.17 bits per heavy atom. The van der Waals surface area contributed by atoms with E-state index in [-0.39, 0.29) is 11.7 Å². The second-order valence-electron chi connectivity index (χ2n) is 6.36. The van der Waals surface area contributed by atoms with Gasteiger partial charge in [0.25, 0.3) is 5.91 Å². The molecular formula is C18H19N3O2. The topological polar surface area (TPSA) is 66.1 Å². The van der Waals surface area contributed by atoms with Crippen LogP contribution in [0.4, 0.5) is 0 Å². The molecule has 2 aliphatic rings. The molecule has 2 heterocycles. The van der Waals surface area contributed by atoms with Crippen molar-refractivity contribution in [3.8, 4) is 0 Å². The molecule has 118 valence electrons. The number of hydrogen-bond acceptors (Lipinski definition) is 3. The molecule has 23 heavy (non-hydrogen) atoms. The molecule has 1 saturated heterocycles. The fourth-order valence-electron chi connectivity index (χ4n) is 3.77. The molecule has 0 unspecified atom stereocenters. The van der Waals surface area contributed by atoms with Crippen molar-refractivity contribution in [1.82, 2.24) is 15.1 Å². The Kier molecular flexibility index (Phi) is 3.48. The second kappa shape index (κ2) is 5.65. The Bertz CT molecular complexity index is 752. The molecule has 0 saturated carbocycles. The van der Waals surface area contributed by atoms with Crippen LogP contribution in [0.1, 0.15) is 57.2 Å². The number of carbonyl (C=O) groups is 2. The summed E-state index contributed by atoms with van der Waals surface area (Å²) in [6.45, 7) is 1.49. The molecule has 1 aromatic heterocycles. The molecule has 0 spiro atoms. The monoisotopic (exact) mass is 309 g/mol. The highest BCUT2D eigenvalue weighted by molar-refractivity contribution is 6.05. The summed E-state index contributed by atoms with van der Waals surface area (Å²) >= 11 is 0. The van der Waals surface area contributed by atoms with Crippen molar-refractivity contribution in [1.29, 1.82) is 0 Å². The third-order valence-electron chi connectivity index (χ3n) is 4.98. The fourth-order valence-corrected chi connectivity index (χ4v) is 3.77. The zero-order chi connectivity index (χ0) is 15.8. The molecule has 2 aromatic rings. The van der Waals surface area contributed by atoms with Crippen LogP contribution >= 0.6 is 0 Å². The maximum absolute atomic E-state index is 13.0. The number of ketones is 1. The van der Waals surface area contributed by atoms with Crippen LogP contribution in [-0.4, -0.2) is 39.9 Å². The van der Waals surface area contributed by atoms with Crippen LogP contribution in [0.3, 0.4) is 0 Å². The lowest BCUT2D eigenvalue weighted by atomic mass is 9.93. The predicted octanol–water partition coefficient (Wildman–Crippen LogP) is 2.56. The standard InChI is InChI=1S/C18H19N3O2/c22-17-7-6-13-14(17)4-1-5-15(13)18(23)21-10-2-3-12(11-21)16-8-9-19-20-16/h1,4-5,8-9,12H,2-3,6-7,10-11H2,(H,19,20)/t12-/m0/s1. The van der Waals surface area contributed by atoms with Gasteiger partial charge in [-0.1, -0.05) is 12.1 Å². The summed E-state index contributed by atoms with van der Waals surface area (Å²) in [5, 5.41) is 7.04. The van der Waals surface area contributed by atoms with Gasteiger partial charge in [0.1, 0.15) is 0 Å². The second-order valence-corrected chi connectivity index (χ2v) is 6.36. The van der Waals surface area contributed by atoms with Gasteiger partial charge in [-0.2, -0.15) is 5.10 Å². The van der Waals surface area contributed by atoms with Crippen LogP contribution in [0.5, 0.6) is 0 Å². The summed E-state index contributed by atoms with van der Waals surface area (Å²) in [5.74, 6) is 0.526. The number of likely N-dealkylation sites (tertiary alicyclic amines) is 1. The summed E-state index contributed by atoms with van der Waals surface area (Å²) in [7, 11) is 0. The molecule has 1 fully saturated rings. The van der Waals surface area contributed by atoms with E-state index in [4.69, 9.17) is 0 Å². The molecule has 5 heteroatoms. The Labute approximate surface area is 134 Å². The van der Waals surface area contributed by atoms with Gasteiger partial charge < -0.3 is 4.90 Å². The molecule has 1 aromatic carbocycles. The van der Waals surface area contributed by atoms with E-state index in [1.54, 1.807) is 6.20 Å². The van der Waals surface area contributed by atoms with Crippen LogP contribution < -0.4 is 0 Å². The first kappa shape index (κ1) is 14.2. The molecule has 4 rings (SSSR count). The van der Waals surface area contributed by atoms with Crippen molar-refractivity contribution in [2.24, 2.45) is 0 Å². The van der Waals surface area contributed by atoms with Crippen LogP contribution in [0.2, 0.25) is 0 Å². The van der Waals surface area contributed by atoms with E-state index in [2.05, 4.69) is 10.2 Å². The molecule has 1 aliphatic heterocycles. The molecule has 1 amide bonds. The summed E-state index contributed by atoms with van der Waals surface area (Å²) in [5.41, 5.74) is 3.47. The maximum Gasteiger partial charge on any atom is 0.254 e. The highest BCUT2D eigenvalue weighted by Crippen LogP contribution is 2.29. The van der Waals surface area contributed by atoms with Gasteiger partial charge in [-0.05, 0) is 37.0 Å². The summed E-state index contributed by atoms with van der Waals surface area (Å²) < 4.78 is 0. The smallest absolute Gasteiger partial charge is 0.254 e. The lowest BCUT2D eigenvalue weighted by Crippen LogP contribution is -2.39. The zero-order valence-electron chi connectivity index (χ0n) is 12.9. The molecule has 0 bridgehead atoms. The first-order valence-corrected chi connectivity index (χ1v) is 8.17. The van der Waals surface area contributed by atoms with Crippen LogP contribution in [-0.2, 0) is 6.42 Å². The number of fused-ring (bicyclic) bond motifs is 1. The van der Waals surface area contributed by atoms with Gasteiger partial charge in [0.15, 0.2) is 5.78 Å². The Morgan fingerprint density at radius 3 is 3.00 bits per heavy atom. The normalized spacial score (nSPS) is 20.6. The van der Waals surface area contributed by atoms with Gasteiger partial charge in [-0.3, -0.25) is 14.7 Å². The molecule has 1 aliphatic carbocycles. The van der Waals surface area contributed by atoms with Gasteiger partial charge in [-0.15, -0.1) is 0 Å². The molecular weight excluding hydrogens is 290 g/mol. The Balaban J connectivity index is 1.59. The van der Waals surface area contributed by atoms with E-state index < -0.39 is 0 Å². The Morgan fingerprint density at radius 1 is 1.26 bits per heavy atom. The predicted molar refractivity (Wildman–Crippen MR) is 85.6 cm³/mol. The number of aromatic amines is 1. The van der Waals surface area contributed by atoms with E-state index >= 15 is 0 Å². The number of hydrogen-bond donors (Lipinski definition) is 1. The lowest BCUT2D eigenvalue weighted by Gasteiger charge is -2.32. The summed E-state index contributed by atoms with van der Waals surface area (Å²) in [6, 6.07) is 7.51. The van der Waals surface area contributed by atoms with Crippen LogP contribution in [0, 0.1) is 0 Å². The SMILES string of the molecule is O=C1CCc2c1cccc2C(=O)N1CCC[C@H](c2ccn[nH]2)C1. The van der Waals surface area contributed by atoms with Gasteiger partial charge in [0.05, 0.1) is 0 Å². The highest BCUT2D eigenvalue weighted by Gasteiger charge is 2.30. The largest absolute Gasteiger partial charge is 0.338 e. The Hall–Kier alpha value is -2.43. The average Bonchev–Trinajstić information content (AvgIpc) is 3.25. The third-order valence-corrected chi connectivity index (χ3v) is 4.98. The first-order valence-electron chi connectivity index (χ1n) is 8.17. The van der Waals surface area contributed by atoms with E-state index in [1.165, 1.54) is 0 Å². The number of benzene rings is 1. The number of piperidine rings is 1. The quantitative estimate of drug-likeness (QED) is 0.927. The van der Waals surface area contributed by atoms with Gasteiger partial charge in [-0.25, -0.2) is 0 Å². The minimum atomic E-state index is 0.0563. The van der Waals surface area contributed by atoms with Gasteiger partial charge >= 0.3 is 0 Å². The summed E-state index contributed by atoms with van der Waals surface area (Å²) in [6.07, 6.45) is 5.02. The minimum Gasteiger partial charge on any atom is -0.338 e. The summed E-state index contributed by atoms with van der Waals surface area (Å²) in [4.78, 5) is 26.8. The number of H-pyrrole nitrogens is 1. The van der Waals surface area contributed by atoms with E-state index in [0.29, 0.717) is 30.9 Å².